The van der Waals surface area contributed by atoms with Crippen molar-refractivity contribution in [2.24, 2.45) is 0 Å². The summed E-state index contributed by atoms with van der Waals surface area (Å²) in [5.41, 5.74) is 2.34. The van der Waals surface area contributed by atoms with Gasteiger partial charge < -0.3 is 9.84 Å². The molecule has 0 bridgehead atoms. The molecular formula is C18H29NO2. The molecule has 1 N–H and O–H groups in total. The van der Waals surface area contributed by atoms with E-state index >= 15 is 0 Å². The van der Waals surface area contributed by atoms with Gasteiger partial charge in [-0.3, -0.25) is 4.90 Å². The molecule has 1 aromatic rings. The van der Waals surface area contributed by atoms with Crippen LogP contribution in [0.25, 0.3) is 0 Å². The van der Waals surface area contributed by atoms with Crippen LogP contribution in [0.15, 0.2) is 24.3 Å². The first-order valence-electron chi connectivity index (χ1n) is 8.28. The monoisotopic (exact) mass is 291 g/mol. The standard InChI is InChI=1S/C18H29NO2/c1-4-15-6-8-16(9-7-15)18(20)14(3)19-12-10-17(11-13-19)21-5-2/h6-9,14,17-18,20H,4-5,10-13H2,1-3H3. The molecule has 3 nitrogen and oxygen atoms in total. The Morgan fingerprint density at radius 1 is 1.19 bits per heavy atom. The number of benzene rings is 1. The fraction of sp³-hybridized carbons (Fsp3) is 0.667. The number of hydrogen-bond donors (Lipinski definition) is 1. The number of ether oxygens (including phenoxy) is 1. The molecule has 0 radical (unpaired) electrons. The Balaban J connectivity index is 1.91. The second kappa shape index (κ2) is 7.92. The van der Waals surface area contributed by atoms with E-state index in [0.717, 1.165) is 44.5 Å². The fourth-order valence-corrected chi connectivity index (χ4v) is 3.11. The van der Waals surface area contributed by atoms with Gasteiger partial charge in [-0.1, -0.05) is 31.2 Å². The predicted octanol–water partition coefficient (Wildman–Crippen LogP) is 3.17. The van der Waals surface area contributed by atoms with E-state index in [0.29, 0.717) is 6.10 Å². The van der Waals surface area contributed by atoms with Crippen LogP contribution in [0.1, 0.15) is 50.8 Å². The quantitative estimate of drug-likeness (QED) is 0.874. The Kier molecular flexibility index (Phi) is 6.22. The molecule has 0 spiro atoms. The second-order valence-electron chi connectivity index (χ2n) is 5.97. The van der Waals surface area contributed by atoms with Gasteiger partial charge in [-0.2, -0.15) is 0 Å². The Bertz CT molecular complexity index is 410. The molecule has 0 aromatic heterocycles. The first-order chi connectivity index (χ1) is 10.2. The molecule has 2 unspecified atom stereocenters. The fourth-order valence-electron chi connectivity index (χ4n) is 3.11. The molecular weight excluding hydrogens is 262 g/mol. The highest BCUT2D eigenvalue weighted by Crippen LogP contribution is 2.25. The molecule has 3 heteroatoms. The number of aliphatic hydroxyl groups excluding tert-OH is 1. The molecule has 1 heterocycles. The summed E-state index contributed by atoms with van der Waals surface area (Å²) in [7, 11) is 0. The minimum absolute atomic E-state index is 0.153. The zero-order chi connectivity index (χ0) is 15.2. The maximum absolute atomic E-state index is 10.6. The van der Waals surface area contributed by atoms with Crippen molar-refractivity contribution in [2.45, 2.75) is 58.3 Å². The highest BCUT2D eigenvalue weighted by molar-refractivity contribution is 5.25. The summed E-state index contributed by atoms with van der Waals surface area (Å²) >= 11 is 0. The number of likely N-dealkylation sites (tertiary alicyclic amines) is 1. The van der Waals surface area contributed by atoms with E-state index in [1.54, 1.807) is 0 Å². The van der Waals surface area contributed by atoms with Gasteiger partial charge in [-0.25, -0.2) is 0 Å². The molecule has 118 valence electrons. The number of hydrogen-bond acceptors (Lipinski definition) is 3. The summed E-state index contributed by atoms with van der Waals surface area (Å²) in [5.74, 6) is 0. The van der Waals surface area contributed by atoms with Gasteiger partial charge in [0.15, 0.2) is 0 Å². The topological polar surface area (TPSA) is 32.7 Å². The first kappa shape index (κ1) is 16.5. The van der Waals surface area contributed by atoms with Gasteiger partial charge in [-0.15, -0.1) is 0 Å². The Labute approximate surface area is 128 Å². The normalized spacial score (nSPS) is 20.4. The van der Waals surface area contributed by atoms with Gasteiger partial charge in [0, 0.05) is 25.7 Å². The van der Waals surface area contributed by atoms with Crippen molar-refractivity contribution in [3.63, 3.8) is 0 Å². The zero-order valence-electron chi connectivity index (χ0n) is 13.6. The van der Waals surface area contributed by atoms with Gasteiger partial charge in [0.05, 0.1) is 12.2 Å². The Hall–Kier alpha value is -0.900. The number of rotatable bonds is 6. The third-order valence-electron chi connectivity index (χ3n) is 4.64. The van der Waals surface area contributed by atoms with Crippen LogP contribution in [0.4, 0.5) is 0 Å². The number of nitrogens with zero attached hydrogens (tertiary/aromatic N) is 1. The highest BCUT2D eigenvalue weighted by atomic mass is 16.5. The molecule has 1 aliphatic rings. The predicted molar refractivity (Wildman–Crippen MR) is 86.5 cm³/mol. The zero-order valence-corrected chi connectivity index (χ0v) is 13.6. The lowest BCUT2D eigenvalue weighted by molar-refractivity contribution is -0.0163. The van der Waals surface area contributed by atoms with Crippen molar-refractivity contribution in [1.29, 1.82) is 0 Å². The Morgan fingerprint density at radius 3 is 2.33 bits per heavy atom. The van der Waals surface area contributed by atoms with Crippen LogP contribution in [0.2, 0.25) is 0 Å². The van der Waals surface area contributed by atoms with Crippen molar-refractivity contribution in [2.75, 3.05) is 19.7 Å². The van der Waals surface area contributed by atoms with Crippen LogP contribution < -0.4 is 0 Å². The Morgan fingerprint density at radius 2 is 1.81 bits per heavy atom. The van der Waals surface area contributed by atoms with Gasteiger partial charge in [-0.05, 0) is 44.2 Å². The van der Waals surface area contributed by atoms with E-state index in [1.807, 2.05) is 0 Å². The smallest absolute Gasteiger partial charge is 0.0942 e. The summed E-state index contributed by atoms with van der Waals surface area (Å²) in [6.07, 6.45) is 3.16. The van der Waals surface area contributed by atoms with Crippen molar-refractivity contribution < 1.29 is 9.84 Å². The summed E-state index contributed by atoms with van der Waals surface area (Å²) in [6.45, 7) is 9.15. The lowest BCUT2D eigenvalue weighted by Crippen LogP contribution is -2.44. The lowest BCUT2D eigenvalue weighted by Gasteiger charge is -2.37. The van der Waals surface area contributed by atoms with E-state index in [9.17, 15) is 5.11 Å². The maximum atomic E-state index is 10.6. The highest BCUT2D eigenvalue weighted by Gasteiger charge is 2.27. The second-order valence-corrected chi connectivity index (χ2v) is 5.97. The van der Waals surface area contributed by atoms with Crippen LogP contribution in [-0.4, -0.2) is 41.8 Å². The summed E-state index contributed by atoms with van der Waals surface area (Å²) in [5, 5.41) is 10.6. The molecule has 2 atom stereocenters. The van der Waals surface area contributed by atoms with Crippen molar-refractivity contribution in [3.05, 3.63) is 35.4 Å². The third-order valence-corrected chi connectivity index (χ3v) is 4.64. The molecule has 1 aromatic carbocycles. The van der Waals surface area contributed by atoms with Crippen LogP contribution in [0.3, 0.4) is 0 Å². The number of aryl methyl sites for hydroxylation is 1. The van der Waals surface area contributed by atoms with Gasteiger partial charge in [0.2, 0.25) is 0 Å². The summed E-state index contributed by atoms with van der Waals surface area (Å²) < 4.78 is 5.69. The molecule has 2 rings (SSSR count). The van der Waals surface area contributed by atoms with Crippen LogP contribution in [-0.2, 0) is 11.2 Å². The molecule has 0 saturated carbocycles. The van der Waals surface area contributed by atoms with E-state index in [1.165, 1.54) is 5.56 Å². The molecule has 21 heavy (non-hydrogen) atoms. The van der Waals surface area contributed by atoms with Gasteiger partial charge in [0.1, 0.15) is 0 Å². The SMILES string of the molecule is CCOC1CCN(C(C)C(O)c2ccc(CC)cc2)CC1. The van der Waals surface area contributed by atoms with E-state index in [4.69, 9.17) is 4.74 Å². The van der Waals surface area contributed by atoms with E-state index in [-0.39, 0.29) is 6.04 Å². The molecule has 1 fully saturated rings. The third kappa shape index (κ3) is 4.29. The van der Waals surface area contributed by atoms with Gasteiger partial charge >= 0.3 is 0 Å². The van der Waals surface area contributed by atoms with Crippen molar-refractivity contribution in [3.8, 4) is 0 Å². The van der Waals surface area contributed by atoms with Crippen LogP contribution >= 0.6 is 0 Å². The van der Waals surface area contributed by atoms with E-state index < -0.39 is 6.10 Å². The average Bonchev–Trinajstić information content (AvgIpc) is 2.54. The lowest BCUT2D eigenvalue weighted by atomic mass is 9.98. The van der Waals surface area contributed by atoms with Crippen LogP contribution in [0.5, 0.6) is 0 Å². The summed E-state index contributed by atoms with van der Waals surface area (Å²) in [6, 6.07) is 8.51. The van der Waals surface area contributed by atoms with Crippen molar-refractivity contribution >= 4 is 0 Å². The molecule has 0 aliphatic carbocycles. The number of aliphatic hydroxyl groups is 1. The van der Waals surface area contributed by atoms with E-state index in [2.05, 4.69) is 49.9 Å². The largest absolute Gasteiger partial charge is 0.387 e. The number of piperidine rings is 1. The summed E-state index contributed by atoms with van der Waals surface area (Å²) in [4.78, 5) is 2.38. The van der Waals surface area contributed by atoms with Crippen LogP contribution in [0, 0.1) is 0 Å². The molecule has 1 aliphatic heterocycles. The first-order valence-corrected chi connectivity index (χ1v) is 8.28. The molecule has 0 amide bonds. The molecule has 1 saturated heterocycles. The maximum Gasteiger partial charge on any atom is 0.0942 e. The average molecular weight is 291 g/mol. The van der Waals surface area contributed by atoms with Gasteiger partial charge in [0.25, 0.3) is 0 Å². The minimum Gasteiger partial charge on any atom is -0.387 e. The van der Waals surface area contributed by atoms with Crippen molar-refractivity contribution in [1.82, 2.24) is 4.90 Å². The minimum atomic E-state index is -0.417.